The Kier molecular flexibility index (Phi) is 4.91. The number of nitrogens with zero attached hydrogens (tertiary/aromatic N) is 2. The zero-order valence-electron chi connectivity index (χ0n) is 13.5. The third-order valence-corrected chi connectivity index (χ3v) is 5.50. The van der Waals surface area contributed by atoms with E-state index in [1.54, 1.807) is 0 Å². The molecule has 0 radical (unpaired) electrons. The summed E-state index contributed by atoms with van der Waals surface area (Å²) in [6.45, 7) is 10.9. The smallest absolute Gasteiger partial charge is 0.347 e. The van der Waals surface area contributed by atoms with E-state index in [-0.39, 0.29) is 0 Å². The van der Waals surface area contributed by atoms with E-state index in [1.165, 1.54) is 11.3 Å². The van der Waals surface area contributed by atoms with Crippen LogP contribution in [-0.4, -0.2) is 29.1 Å². The Bertz CT molecular complexity index is 497. The maximum absolute atomic E-state index is 11.3. The highest BCUT2D eigenvalue weighted by atomic mass is 32.1. The highest BCUT2D eigenvalue weighted by molar-refractivity contribution is 7.17. The van der Waals surface area contributed by atoms with Crippen molar-refractivity contribution in [1.82, 2.24) is 4.98 Å². The van der Waals surface area contributed by atoms with Crippen LogP contribution in [-0.2, 0) is 6.42 Å². The molecule has 0 amide bonds. The first-order chi connectivity index (χ1) is 9.82. The number of piperidine rings is 1. The lowest BCUT2D eigenvalue weighted by Gasteiger charge is -2.38. The molecule has 118 valence electrons. The van der Waals surface area contributed by atoms with Crippen molar-refractivity contribution in [3.63, 3.8) is 0 Å². The van der Waals surface area contributed by atoms with Gasteiger partial charge in [-0.25, -0.2) is 9.78 Å². The van der Waals surface area contributed by atoms with Crippen LogP contribution in [0.2, 0.25) is 0 Å². The zero-order valence-corrected chi connectivity index (χ0v) is 14.3. The van der Waals surface area contributed by atoms with E-state index in [0.29, 0.717) is 10.3 Å². The Morgan fingerprint density at radius 3 is 2.48 bits per heavy atom. The summed E-state index contributed by atoms with van der Waals surface area (Å²) < 4.78 is 0. The third-order valence-electron chi connectivity index (χ3n) is 4.36. The molecule has 2 rings (SSSR count). The van der Waals surface area contributed by atoms with Crippen molar-refractivity contribution in [2.45, 2.75) is 53.4 Å². The van der Waals surface area contributed by atoms with Gasteiger partial charge in [-0.2, -0.15) is 0 Å². The molecular weight excluding hydrogens is 284 g/mol. The lowest BCUT2D eigenvalue weighted by atomic mass is 9.75. The summed E-state index contributed by atoms with van der Waals surface area (Å²) in [4.78, 5) is 18.6. The van der Waals surface area contributed by atoms with Crippen molar-refractivity contribution in [2.24, 2.45) is 11.3 Å². The molecule has 0 saturated carbocycles. The van der Waals surface area contributed by atoms with Crippen LogP contribution < -0.4 is 4.90 Å². The molecule has 2 heterocycles. The number of anilines is 1. The van der Waals surface area contributed by atoms with Gasteiger partial charge in [0, 0.05) is 13.1 Å². The maximum Gasteiger partial charge on any atom is 0.347 e. The number of rotatable bonds is 4. The lowest BCUT2D eigenvalue weighted by Crippen LogP contribution is -2.38. The topological polar surface area (TPSA) is 53.4 Å². The fourth-order valence-corrected chi connectivity index (χ4v) is 3.99. The number of carboxylic acids is 1. The van der Waals surface area contributed by atoms with Gasteiger partial charge in [0.2, 0.25) is 0 Å². The third kappa shape index (κ3) is 3.76. The highest BCUT2D eigenvalue weighted by Crippen LogP contribution is 2.37. The molecule has 1 saturated heterocycles. The van der Waals surface area contributed by atoms with Gasteiger partial charge in [0.15, 0.2) is 5.13 Å². The van der Waals surface area contributed by atoms with Crippen molar-refractivity contribution in [3.8, 4) is 0 Å². The van der Waals surface area contributed by atoms with E-state index < -0.39 is 5.97 Å². The number of hydrogen-bond acceptors (Lipinski definition) is 4. The van der Waals surface area contributed by atoms with Crippen molar-refractivity contribution < 1.29 is 9.90 Å². The Morgan fingerprint density at radius 1 is 1.38 bits per heavy atom. The molecule has 1 aliphatic heterocycles. The van der Waals surface area contributed by atoms with E-state index in [0.717, 1.165) is 55.5 Å². The second-order valence-electron chi connectivity index (χ2n) is 6.95. The lowest BCUT2D eigenvalue weighted by molar-refractivity contribution is 0.0700. The first-order valence-electron chi connectivity index (χ1n) is 7.81. The number of thiazole rings is 1. The average molecular weight is 310 g/mol. The van der Waals surface area contributed by atoms with Crippen LogP contribution in [0.3, 0.4) is 0 Å². The van der Waals surface area contributed by atoms with Gasteiger partial charge < -0.3 is 10.0 Å². The molecule has 0 atom stereocenters. The highest BCUT2D eigenvalue weighted by Gasteiger charge is 2.30. The van der Waals surface area contributed by atoms with Crippen molar-refractivity contribution in [1.29, 1.82) is 0 Å². The number of aryl methyl sites for hydroxylation is 1. The number of carbonyl (C=O) groups is 1. The van der Waals surface area contributed by atoms with E-state index in [9.17, 15) is 9.90 Å². The molecule has 0 bridgehead atoms. The van der Waals surface area contributed by atoms with Crippen LogP contribution in [0.4, 0.5) is 5.13 Å². The predicted octanol–water partition coefficient (Wildman–Crippen LogP) is 4.06. The zero-order chi connectivity index (χ0) is 15.6. The van der Waals surface area contributed by atoms with E-state index >= 15 is 0 Å². The summed E-state index contributed by atoms with van der Waals surface area (Å²) in [5.41, 5.74) is 1.11. The molecule has 5 heteroatoms. The Balaban J connectivity index is 2.10. The molecule has 1 aromatic heterocycles. The Labute approximate surface area is 131 Å². The average Bonchev–Trinajstić information content (AvgIpc) is 2.82. The van der Waals surface area contributed by atoms with Gasteiger partial charge in [-0.05, 0) is 30.6 Å². The van der Waals surface area contributed by atoms with Gasteiger partial charge in [0.1, 0.15) is 4.88 Å². The van der Waals surface area contributed by atoms with Crippen LogP contribution >= 0.6 is 11.3 Å². The Morgan fingerprint density at radius 2 is 2.00 bits per heavy atom. The van der Waals surface area contributed by atoms with Gasteiger partial charge in [-0.3, -0.25) is 0 Å². The minimum atomic E-state index is -0.841. The maximum atomic E-state index is 11.3. The quantitative estimate of drug-likeness (QED) is 0.911. The summed E-state index contributed by atoms with van der Waals surface area (Å²) in [7, 11) is 0. The monoisotopic (exact) mass is 310 g/mol. The van der Waals surface area contributed by atoms with Crippen LogP contribution in [0.5, 0.6) is 0 Å². The summed E-state index contributed by atoms with van der Waals surface area (Å²) in [6.07, 6.45) is 4.00. The van der Waals surface area contributed by atoms with Crippen molar-refractivity contribution >= 4 is 22.4 Å². The number of hydrogen-bond donors (Lipinski definition) is 1. The van der Waals surface area contributed by atoms with Crippen LogP contribution in [0.25, 0.3) is 0 Å². The molecule has 1 fully saturated rings. The molecule has 1 N–H and O–H groups in total. The van der Waals surface area contributed by atoms with Crippen LogP contribution in [0.15, 0.2) is 0 Å². The van der Waals surface area contributed by atoms with Gasteiger partial charge in [-0.1, -0.05) is 45.5 Å². The van der Waals surface area contributed by atoms with E-state index in [1.807, 2.05) is 0 Å². The molecular formula is C16H26N2O2S. The second kappa shape index (κ2) is 6.34. The molecule has 0 unspecified atom stereocenters. The van der Waals surface area contributed by atoms with Gasteiger partial charge in [0.05, 0.1) is 5.69 Å². The van der Waals surface area contributed by atoms with E-state index in [2.05, 4.69) is 37.6 Å². The number of aromatic carboxylic acids is 1. The molecule has 0 aliphatic carbocycles. The first kappa shape index (κ1) is 16.3. The van der Waals surface area contributed by atoms with Gasteiger partial charge >= 0.3 is 5.97 Å². The predicted molar refractivity (Wildman–Crippen MR) is 87.5 cm³/mol. The van der Waals surface area contributed by atoms with E-state index in [4.69, 9.17) is 0 Å². The summed E-state index contributed by atoms with van der Waals surface area (Å²) in [6, 6.07) is 0. The fourth-order valence-electron chi connectivity index (χ4n) is 2.98. The van der Waals surface area contributed by atoms with Crippen LogP contribution in [0.1, 0.15) is 62.3 Å². The minimum Gasteiger partial charge on any atom is -0.477 e. The van der Waals surface area contributed by atoms with Crippen LogP contribution in [0, 0.1) is 11.3 Å². The van der Waals surface area contributed by atoms with Gasteiger partial charge in [0.25, 0.3) is 0 Å². The summed E-state index contributed by atoms with van der Waals surface area (Å²) in [5, 5.41) is 10.2. The molecule has 0 aromatic carbocycles. The minimum absolute atomic E-state index is 0.356. The number of aromatic nitrogens is 1. The molecule has 1 aliphatic rings. The molecule has 21 heavy (non-hydrogen) atoms. The Hall–Kier alpha value is -1.10. The second-order valence-corrected chi connectivity index (χ2v) is 7.93. The molecule has 1 aromatic rings. The summed E-state index contributed by atoms with van der Waals surface area (Å²) >= 11 is 1.34. The van der Waals surface area contributed by atoms with Crippen molar-refractivity contribution in [3.05, 3.63) is 10.6 Å². The van der Waals surface area contributed by atoms with Gasteiger partial charge in [-0.15, -0.1) is 0 Å². The number of carboxylic acid groups (broad SMARTS) is 1. The largest absolute Gasteiger partial charge is 0.477 e. The normalized spacial score (nSPS) is 17.2. The molecule has 4 nitrogen and oxygen atoms in total. The standard InChI is InChI=1S/C16H26N2O2S/c1-5-6-12-13(14(19)20)21-15(17-12)18-9-7-11(8-10-18)16(2,3)4/h11H,5-10H2,1-4H3,(H,19,20). The fraction of sp³-hybridized carbons (Fsp3) is 0.750. The molecule has 0 spiro atoms. The van der Waals surface area contributed by atoms with Crippen molar-refractivity contribution in [2.75, 3.05) is 18.0 Å². The summed E-state index contributed by atoms with van der Waals surface area (Å²) in [5.74, 6) is -0.102. The SMILES string of the molecule is CCCc1nc(N2CCC(C(C)(C)C)CC2)sc1C(=O)O. The first-order valence-corrected chi connectivity index (χ1v) is 8.62.